The van der Waals surface area contributed by atoms with Crippen LogP contribution in [0.4, 0.5) is 5.69 Å². The van der Waals surface area contributed by atoms with Gasteiger partial charge in [-0.05, 0) is 62.5 Å². The van der Waals surface area contributed by atoms with Crippen molar-refractivity contribution in [2.75, 3.05) is 37.7 Å². The smallest absolute Gasteiger partial charge is 0.251 e. The highest BCUT2D eigenvalue weighted by Gasteiger charge is 2.39. The van der Waals surface area contributed by atoms with Crippen molar-refractivity contribution >= 4 is 17.5 Å². The second-order valence-corrected chi connectivity index (χ2v) is 7.64. The van der Waals surface area contributed by atoms with Gasteiger partial charge in [0, 0.05) is 13.1 Å². The minimum absolute atomic E-state index is 0.147. The van der Waals surface area contributed by atoms with Gasteiger partial charge in [0.05, 0.1) is 24.8 Å². The van der Waals surface area contributed by atoms with Gasteiger partial charge in [0.2, 0.25) is 5.91 Å². The predicted molar refractivity (Wildman–Crippen MR) is 106 cm³/mol. The highest BCUT2D eigenvalue weighted by atomic mass is 16.5. The zero-order chi connectivity index (χ0) is 19.2. The zero-order valence-corrected chi connectivity index (χ0v) is 16.4. The van der Waals surface area contributed by atoms with Gasteiger partial charge in [0.25, 0.3) is 5.91 Å². The zero-order valence-electron chi connectivity index (χ0n) is 16.4. The van der Waals surface area contributed by atoms with E-state index in [4.69, 9.17) is 4.74 Å². The highest BCUT2D eigenvalue weighted by molar-refractivity contribution is 6.22. The van der Waals surface area contributed by atoms with E-state index in [0.29, 0.717) is 12.3 Å². The van der Waals surface area contributed by atoms with Crippen molar-refractivity contribution in [3.8, 4) is 5.75 Å². The molecule has 0 radical (unpaired) electrons. The summed E-state index contributed by atoms with van der Waals surface area (Å²) in [5, 5.41) is 3.28. The molecule has 1 aromatic rings. The maximum atomic E-state index is 12.7. The van der Waals surface area contributed by atoms with E-state index < -0.39 is 6.04 Å². The summed E-state index contributed by atoms with van der Waals surface area (Å²) in [5.74, 6) is 1.27. The van der Waals surface area contributed by atoms with Gasteiger partial charge in [0.15, 0.2) is 0 Å². The van der Waals surface area contributed by atoms with E-state index in [2.05, 4.69) is 24.1 Å². The second kappa shape index (κ2) is 9.33. The third-order valence-corrected chi connectivity index (χ3v) is 5.41. The average molecular weight is 373 g/mol. The van der Waals surface area contributed by atoms with Crippen LogP contribution >= 0.6 is 0 Å². The van der Waals surface area contributed by atoms with E-state index >= 15 is 0 Å². The molecule has 1 unspecified atom stereocenters. The number of ether oxygens (including phenoxy) is 1. The maximum Gasteiger partial charge on any atom is 0.251 e. The van der Waals surface area contributed by atoms with Crippen molar-refractivity contribution in [1.29, 1.82) is 0 Å². The van der Waals surface area contributed by atoms with Crippen LogP contribution < -0.4 is 15.0 Å². The monoisotopic (exact) mass is 373 g/mol. The van der Waals surface area contributed by atoms with E-state index in [1.807, 2.05) is 12.1 Å². The van der Waals surface area contributed by atoms with E-state index in [9.17, 15) is 9.59 Å². The first-order valence-electron chi connectivity index (χ1n) is 10.1. The molecule has 6 nitrogen and oxygen atoms in total. The van der Waals surface area contributed by atoms with Crippen molar-refractivity contribution in [3.05, 3.63) is 24.3 Å². The molecule has 1 atom stereocenters. The van der Waals surface area contributed by atoms with Gasteiger partial charge in [-0.3, -0.25) is 9.59 Å². The molecule has 0 aromatic heterocycles. The lowest BCUT2D eigenvalue weighted by Crippen LogP contribution is -2.43. The van der Waals surface area contributed by atoms with Crippen LogP contribution in [0.1, 0.15) is 39.5 Å². The maximum absolute atomic E-state index is 12.7. The first-order chi connectivity index (χ1) is 13.1. The first-order valence-corrected chi connectivity index (χ1v) is 10.1. The van der Waals surface area contributed by atoms with Gasteiger partial charge >= 0.3 is 0 Å². The van der Waals surface area contributed by atoms with E-state index in [1.54, 1.807) is 12.1 Å². The molecule has 0 aliphatic carbocycles. The van der Waals surface area contributed by atoms with Crippen LogP contribution in [0.3, 0.4) is 0 Å². The quantitative estimate of drug-likeness (QED) is 0.709. The number of benzene rings is 1. The third kappa shape index (κ3) is 5.08. The second-order valence-electron chi connectivity index (χ2n) is 7.64. The van der Waals surface area contributed by atoms with Crippen LogP contribution in [0.15, 0.2) is 24.3 Å². The molecular weight excluding hydrogens is 342 g/mol. The van der Waals surface area contributed by atoms with Crippen LogP contribution in [0.2, 0.25) is 0 Å². The number of likely N-dealkylation sites (tertiary alicyclic amines) is 1. The van der Waals surface area contributed by atoms with Gasteiger partial charge in [-0.25, -0.2) is 4.90 Å². The topological polar surface area (TPSA) is 61.9 Å². The molecule has 27 heavy (non-hydrogen) atoms. The first kappa shape index (κ1) is 19.8. The number of nitrogens with one attached hydrogen (secondary N) is 1. The molecule has 2 fully saturated rings. The normalized spacial score (nSPS) is 21.9. The predicted octanol–water partition coefficient (Wildman–Crippen LogP) is 2.43. The SMILES string of the molecule is CCCOc1ccc(N2C(=O)CC(NCCN3CCC(C)CC3)C2=O)cc1. The Morgan fingerprint density at radius 2 is 1.85 bits per heavy atom. The molecule has 2 aliphatic heterocycles. The molecular formula is C21H31N3O3. The Hall–Kier alpha value is -1.92. The molecule has 148 valence electrons. The van der Waals surface area contributed by atoms with Crippen molar-refractivity contribution in [2.45, 2.75) is 45.6 Å². The molecule has 1 aromatic carbocycles. The average Bonchev–Trinajstić information content (AvgIpc) is 2.96. The standard InChI is InChI=1S/C21H31N3O3/c1-3-14-27-18-6-4-17(5-7-18)24-20(25)15-19(21(24)26)22-10-13-23-11-8-16(2)9-12-23/h4-7,16,19,22H,3,8-15H2,1-2H3. The summed E-state index contributed by atoms with van der Waals surface area (Å²) in [5.41, 5.74) is 0.614. The summed E-state index contributed by atoms with van der Waals surface area (Å²) in [6.45, 7) is 8.91. The number of hydrogen-bond acceptors (Lipinski definition) is 5. The number of anilines is 1. The minimum Gasteiger partial charge on any atom is -0.494 e. The molecule has 2 amide bonds. The van der Waals surface area contributed by atoms with Crippen molar-refractivity contribution < 1.29 is 14.3 Å². The molecule has 1 N–H and O–H groups in total. The molecule has 0 bridgehead atoms. The molecule has 0 saturated carbocycles. The fourth-order valence-electron chi connectivity index (χ4n) is 3.66. The van der Waals surface area contributed by atoms with Gasteiger partial charge in [-0.15, -0.1) is 0 Å². The van der Waals surface area contributed by atoms with Crippen LogP contribution in [0, 0.1) is 5.92 Å². The number of imide groups is 1. The Labute approximate surface area is 161 Å². The van der Waals surface area contributed by atoms with E-state index in [-0.39, 0.29) is 18.2 Å². The van der Waals surface area contributed by atoms with Crippen LogP contribution in [-0.4, -0.2) is 55.5 Å². The van der Waals surface area contributed by atoms with Gasteiger partial charge in [-0.2, -0.15) is 0 Å². The fraction of sp³-hybridized carbons (Fsp3) is 0.619. The largest absolute Gasteiger partial charge is 0.494 e. The van der Waals surface area contributed by atoms with Crippen LogP contribution in [0.5, 0.6) is 5.75 Å². The lowest BCUT2D eigenvalue weighted by Gasteiger charge is -2.30. The number of hydrogen-bond donors (Lipinski definition) is 1. The van der Waals surface area contributed by atoms with Crippen LogP contribution in [0.25, 0.3) is 0 Å². The van der Waals surface area contributed by atoms with Crippen molar-refractivity contribution in [1.82, 2.24) is 10.2 Å². The summed E-state index contributed by atoms with van der Waals surface area (Å²) in [6.07, 6.45) is 3.65. The summed E-state index contributed by atoms with van der Waals surface area (Å²) in [4.78, 5) is 28.8. The number of nitrogens with zero attached hydrogens (tertiary/aromatic N) is 2. The summed E-state index contributed by atoms with van der Waals surface area (Å²) in [7, 11) is 0. The van der Waals surface area contributed by atoms with Gasteiger partial charge in [-0.1, -0.05) is 13.8 Å². The highest BCUT2D eigenvalue weighted by Crippen LogP contribution is 2.25. The Kier molecular flexibility index (Phi) is 6.85. The molecule has 0 spiro atoms. The minimum atomic E-state index is -0.419. The van der Waals surface area contributed by atoms with E-state index in [1.165, 1.54) is 17.7 Å². The number of amides is 2. The molecule has 2 heterocycles. The van der Waals surface area contributed by atoms with E-state index in [0.717, 1.165) is 44.3 Å². The summed E-state index contributed by atoms with van der Waals surface area (Å²) in [6, 6.07) is 6.75. The Morgan fingerprint density at radius 3 is 2.52 bits per heavy atom. The molecule has 3 rings (SSSR count). The van der Waals surface area contributed by atoms with Crippen molar-refractivity contribution in [3.63, 3.8) is 0 Å². The Bertz CT molecular complexity index is 639. The number of piperidine rings is 1. The number of carbonyl (C=O) groups is 2. The van der Waals surface area contributed by atoms with Crippen molar-refractivity contribution in [2.24, 2.45) is 5.92 Å². The fourth-order valence-corrected chi connectivity index (χ4v) is 3.66. The molecule has 2 aliphatic rings. The Balaban J connectivity index is 1.50. The summed E-state index contributed by atoms with van der Waals surface area (Å²) < 4.78 is 5.56. The number of carbonyl (C=O) groups excluding carboxylic acids is 2. The van der Waals surface area contributed by atoms with Gasteiger partial charge in [0.1, 0.15) is 5.75 Å². The third-order valence-electron chi connectivity index (χ3n) is 5.41. The lowest BCUT2D eigenvalue weighted by atomic mass is 9.99. The number of rotatable bonds is 8. The molecule has 2 saturated heterocycles. The lowest BCUT2D eigenvalue weighted by molar-refractivity contribution is -0.121. The summed E-state index contributed by atoms with van der Waals surface area (Å²) >= 11 is 0. The molecule has 6 heteroatoms. The van der Waals surface area contributed by atoms with Gasteiger partial charge < -0.3 is 15.0 Å². The Morgan fingerprint density at radius 1 is 1.15 bits per heavy atom. The van der Waals surface area contributed by atoms with Crippen LogP contribution in [-0.2, 0) is 9.59 Å².